The molecule has 0 saturated heterocycles. The van der Waals surface area contributed by atoms with Crippen LogP contribution in [-0.2, 0) is 0 Å². The Morgan fingerprint density at radius 3 is 2.63 bits per heavy atom. The second kappa shape index (κ2) is 4.85. The van der Waals surface area contributed by atoms with Gasteiger partial charge in [0.2, 0.25) is 5.78 Å². The quantitative estimate of drug-likeness (QED) is 0.682. The molecule has 3 rings (SSSR count). The average molecular weight is 314 g/mol. The highest BCUT2D eigenvalue weighted by molar-refractivity contribution is 9.10. The highest BCUT2D eigenvalue weighted by Crippen LogP contribution is 2.23. The van der Waals surface area contributed by atoms with Gasteiger partial charge in [-0.3, -0.25) is 4.79 Å². The first-order chi connectivity index (χ1) is 9.25. The minimum absolute atomic E-state index is 0.196. The number of nitrogens with zero attached hydrogens (tertiary/aromatic N) is 3. The molecule has 0 spiro atoms. The molecule has 0 atom stereocenters. The van der Waals surface area contributed by atoms with E-state index in [1.165, 1.54) is 18.7 Å². The van der Waals surface area contributed by atoms with Crippen LogP contribution in [0.4, 0.5) is 0 Å². The van der Waals surface area contributed by atoms with Gasteiger partial charge in [0.1, 0.15) is 12.0 Å². The zero-order valence-electron chi connectivity index (χ0n) is 9.75. The van der Waals surface area contributed by atoms with E-state index in [0.717, 1.165) is 10.9 Å². The summed E-state index contributed by atoms with van der Waals surface area (Å²) in [6.45, 7) is 0. The fourth-order valence-corrected chi connectivity index (χ4v) is 2.32. The molecule has 0 aliphatic rings. The van der Waals surface area contributed by atoms with Crippen molar-refractivity contribution in [1.82, 2.24) is 15.0 Å². The fraction of sp³-hybridized carbons (Fsp3) is 0. The number of hydrogen-bond donors (Lipinski definition) is 0. The molecule has 4 nitrogen and oxygen atoms in total. The van der Waals surface area contributed by atoms with Crippen LogP contribution in [0.25, 0.3) is 10.9 Å². The van der Waals surface area contributed by atoms with Gasteiger partial charge in [-0.25, -0.2) is 15.0 Å². The number of halogens is 1. The molecule has 1 aromatic carbocycles. The van der Waals surface area contributed by atoms with Gasteiger partial charge < -0.3 is 0 Å². The second-order valence-electron chi connectivity index (χ2n) is 3.97. The molecular formula is C14H8BrN3O. The van der Waals surface area contributed by atoms with Gasteiger partial charge in [-0.2, -0.15) is 0 Å². The molecule has 0 N–H and O–H groups in total. The largest absolute Gasteiger partial charge is 0.287 e. The van der Waals surface area contributed by atoms with E-state index in [1.807, 2.05) is 30.3 Å². The number of rotatable bonds is 2. The average Bonchev–Trinajstić information content (AvgIpc) is 2.47. The van der Waals surface area contributed by atoms with E-state index in [9.17, 15) is 4.79 Å². The van der Waals surface area contributed by atoms with Gasteiger partial charge in [0, 0.05) is 22.3 Å². The van der Waals surface area contributed by atoms with Crippen molar-refractivity contribution in [2.45, 2.75) is 0 Å². The Morgan fingerprint density at radius 2 is 1.84 bits per heavy atom. The lowest BCUT2D eigenvalue weighted by molar-refractivity contribution is 0.103. The van der Waals surface area contributed by atoms with Gasteiger partial charge in [0.05, 0.1) is 11.1 Å². The lowest BCUT2D eigenvalue weighted by Crippen LogP contribution is -2.06. The number of fused-ring (bicyclic) bond motifs is 1. The van der Waals surface area contributed by atoms with Crippen LogP contribution in [0.1, 0.15) is 16.1 Å². The maximum atomic E-state index is 12.3. The van der Waals surface area contributed by atoms with E-state index in [1.54, 1.807) is 0 Å². The van der Waals surface area contributed by atoms with Crippen LogP contribution in [0.5, 0.6) is 0 Å². The topological polar surface area (TPSA) is 55.7 Å². The first-order valence-corrected chi connectivity index (χ1v) is 6.40. The third-order valence-corrected chi connectivity index (χ3v) is 3.32. The van der Waals surface area contributed by atoms with Crippen LogP contribution >= 0.6 is 15.9 Å². The summed E-state index contributed by atoms with van der Waals surface area (Å²) in [5.74, 6) is -0.196. The molecule has 3 aromatic rings. The normalized spacial score (nSPS) is 10.6. The Hall–Kier alpha value is -2.14. The fourth-order valence-electron chi connectivity index (χ4n) is 1.80. The lowest BCUT2D eigenvalue weighted by Gasteiger charge is -2.05. The first kappa shape index (κ1) is 11.9. The van der Waals surface area contributed by atoms with Gasteiger partial charge in [-0.05, 0) is 28.1 Å². The first-order valence-electron chi connectivity index (χ1n) is 5.61. The number of ketones is 1. The maximum absolute atomic E-state index is 12.3. The Bertz CT molecular complexity index is 759. The summed E-state index contributed by atoms with van der Waals surface area (Å²) in [6, 6.07) is 9.54. The molecular weight excluding hydrogens is 306 g/mol. The molecule has 19 heavy (non-hydrogen) atoms. The van der Waals surface area contributed by atoms with Crippen molar-refractivity contribution in [3.63, 3.8) is 0 Å². The zero-order chi connectivity index (χ0) is 13.2. The number of benzene rings is 1. The smallest absolute Gasteiger partial charge is 0.215 e. The molecule has 5 heteroatoms. The van der Waals surface area contributed by atoms with Gasteiger partial charge in [0.15, 0.2) is 0 Å². The van der Waals surface area contributed by atoms with E-state index >= 15 is 0 Å². The Labute approximate surface area is 117 Å². The number of hydrogen-bond acceptors (Lipinski definition) is 4. The summed E-state index contributed by atoms with van der Waals surface area (Å²) in [4.78, 5) is 24.4. The van der Waals surface area contributed by atoms with Crippen molar-refractivity contribution in [1.29, 1.82) is 0 Å². The zero-order valence-corrected chi connectivity index (χ0v) is 11.3. The van der Waals surface area contributed by atoms with E-state index in [-0.39, 0.29) is 5.78 Å². The number of para-hydroxylation sites is 1. The molecule has 0 amide bonds. The van der Waals surface area contributed by atoms with Crippen molar-refractivity contribution < 1.29 is 4.79 Å². The van der Waals surface area contributed by atoms with Crippen LogP contribution in [0.15, 0.2) is 53.5 Å². The minimum atomic E-state index is -0.196. The molecule has 0 aliphatic carbocycles. The van der Waals surface area contributed by atoms with Gasteiger partial charge >= 0.3 is 0 Å². The number of carbonyl (C=O) groups excluding carboxylic acids is 1. The Balaban J connectivity index is 2.15. The predicted molar refractivity (Wildman–Crippen MR) is 74.9 cm³/mol. The van der Waals surface area contributed by atoms with E-state index in [0.29, 0.717) is 15.7 Å². The summed E-state index contributed by atoms with van der Waals surface area (Å²) in [7, 11) is 0. The van der Waals surface area contributed by atoms with Gasteiger partial charge in [0.25, 0.3) is 0 Å². The molecule has 92 valence electrons. The SMILES string of the molecule is O=C(c1cncnc1)c1nc2ccccc2cc1Br. The van der Waals surface area contributed by atoms with Crippen molar-refractivity contribution >= 4 is 32.6 Å². The summed E-state index contributed by atoms with van der Waals surface area (Å²) in [6.07, 6.45) is 4.36. The molecule has 0 unspecified atom stereocenters. The summed E-state index contributed by atoms with van der Waals surface area (Å²) < 4.78 is 0.667. The molecule has 2 heterocycles. The monoisotopic (exact) mass is 313 g/mol. The van der Waals surface area contributed by atoms with Crippen molar-refractivity contribution in [2.75, 3.05) is 0 Å². The molecule has 2 aromatic heterocycles. The molecule has 0 bridgehead atoms. The second-order valence-corrected chi connectivity index (χ2v) is 4.82. The van der Waals surface area contributed by atoms with Crippen LogP contribution < -0.4 is 0 Å². The lowest BCUT2D eigenvalue weighted by atomic mass is 10.1. The Kier molecular flexibility index (Phi) is 3.05. The summed E-state index contributed by atoms with van der Waals surface area (Å²) in [5.41, 5.74) is 1.57. The van der Waals surface area contributed by atoms with Crippen LogP contribution in [-0.4, -0.2) is 20.7 Å². The highest BCUT2D eigenvalue weighted by atomic mass is 79.9. The summed E-state index contributed by atoms with van der Waals surface area (Å²) >= 11 is 3.39. The molecule has 0 aliphatic heterocycles. The minimum Gasteiger partial charge on any atom is -0.287 e. The molecule has 0 saturated carbocycles. The van der Waals surface area contributed by atoms with Crippen LogP contribution in [0.2, 0.25) is 0 Å². The van der Waals surface area contributed by atoms with E-state index in [4.69, 9.17) is 0 Å². The van der Waals surface area contributed by atoms with E-state index in [2.05, 4.69) is 30.9 Å². The van der Waals surface area contributed by atoms with Gasteiger partial charge in [-0.1, -0.05) is 18.2 Å². The van der Waals surface area contributed by atoms with E-state index < -0.39 is 0 Å². The standard InChI is InChI=1S/C14H8BrN3O/c15-11-5-9-3-1-2-4-12(9)18-13(11)14(19)10-6-16-8-17-7-10/h1-8H. The maximum Gasteiger partial charge on any atom is 0.215 e. The predicted octanol–water partition coefficient (Wildman–Crippen LogP) is 3.02. The highest BCUT2D eigenvalue weighted by Gasteiger charge is 2.15. The summed E-state index contributed by atoms with van der Waals surface area (Å²) in [5, 5.41) is 0.982. The number of aromatic nitrogens is 3. The molecule has 0 radical (unpaired) electrons. The van der Waals surface area contributed by atoms with Crippen molar-refractivity contribution in [3.8, 4) is 0 Å². The van der Waals surface area contributed by atoms with Crippen LogP contribution in [0, 0.1) is 0 Å². The third kappa shape index (κ3) is 2.24. The van der Waals surface area contributed by atoms with Crippen molar-refractivity contribution in [3.05, 3.63) is 64.8 Å². The molecule has 0 fully saturated rings. The Morgan fingerprint density at radius 1 is 1.11 bits per heavy atom. The van der Waals surface area contributed by atoms with Crippen molar-refractivity contribution in [2.24, 2.45) is 0 Å². The van der Waals surface area contributed by atoms with Crippen LogP contribution in [0.3, 0.4) is 0 Å². The van der Waals surface area contributed by atoms with Gasteiger partial charge in [-0.15, -0.1) is 0 Å². The number of pyridine rings is 1. The third-order valence-electron chi connectivity index (χ3n) is 2.72. The number of carbonyl (C=O) groups is 1.